The predicted octanol–water partition coefficient (Wildman–Crippen LogP) is 3.71. The fraction of sp³-hybridized carbons (Fsp3) is 0.786. The van der Waals surface area contributed by atoms with Crippen LogP contribution in [0.2, 0.25) is 0 Å². The van der Waals surface area contributed by atoms with Crippen molar-refractivity contribution in [1.29, 1.82) is 0 Å². The summed E-state index contributed by atoms with van der Waals surface area (Å²) < 4.78 is 5.20. The second kappa shape index (κ2) is 6.72. The molecule has 0 saturated heterocycles. The standard InChI is InChI=1S/C14H24O2/c1-4-5-12-6-8-13(9-7-12)10-16-14(15)11(2)3/h12-13H,2,4-10H2,1,3H3. The van der Waals surface area contributed by atoms with Gasteiger partial charge in [-0.2, -0.15) is 0 Å². The molecule has 0 aliphatic heterocycles. The summed E-state index contributed by atoms with van der Waals surface area (Å²) in [5.74, 6) is 1.25. The van der Waals surface area contributed by atoms with Gasteiger partial charge >= 0.3 is 5.97 Å². The monoisotopic (exact) mass is 224 g/mol. The van der Waals surface area contributed by atoms with Crippen LogP contribution in [0.25, 0.3) is 0 Å². The highest BCUT2D eigenvalue weighted by Crippen LogP contribution is 2.31. The predicted molar refractivity (Wildman–Crippen MR) is 66.1 cm³/mol. The highest BCUT2D eigenvalue weighted by Gasteiger charge is 2.21. The van der Waals surface area contributed by atoms with Gasteiger partial charge in [0.05, 0.1) is 6.61 Å². The van der Waals surface area contributed by atoms with Gasteiger partial charge in [0.25, 0.3) is 0 Å². The van der Waals surface area contributed by atoms with Crippen molar-refractivity contribution in [2.45, 2.75) is 52.4 Å². The third-order valence-corrected chi connectivity index (χ3v) is 3.46. The molecule has 0 aromatic rings. The van der Waals surface area contributed by atoms with Crippen LogP contribution >= 0.6 is 0 Å². The molecule has 1 rings (SSSR count). The van der Waals surface area contributed by atoms with E-state index in [0.717, 1.165) is 5.92 Å². The van der Waals surface area contributed by atoms with Gasteiger partial charge < -0.3 is 4.74 Å². The molecule has 0 spiro atoms. The quantitative estimate of drug-likeness (QED) is 0.525. The van der Waals surface area contributed by atoms with Crippen molar-refractivity contribution in [2.24, 2.45) is 11.8 Å². The Hall–Kier alpha value is -0.790. The van der Waals surface area contributed by atoms with E-state index in [1.807, 2.05) is 0 Å². The SMILES string of the molecule is C=C(C)C(=O)OCC1CCC(CCC)CC1. The number of esters is 1. The van der Waals surface area contributed by atoms with Gasteiger partial charge in [0, 0.05) is 5.57 Å². The lowest BCUT2D eigenvalue weighted by atomic mass is 9.80. The summed E-state index contributed by atoms with van der Waals surface area (Å²) in [6.07, 6.45) is 7.70. The maximum atomic E-state index is 11.2. The van der Waals surface area contributed by atoms with Gasteiger partial charge in [0.15, 0.2) is 0 Å². The highest BCUT2D eigenvalue weighted by atomic mass is 16.5. The van der Waals surface area contributed by atoms with Gasteiger partial charge in [-0.25, -0.2) is 4.79 Å². The maximum absolute atomic E-state index is 11.2. The molecule has 2 nitrogen and oxygen atoms in total. The summed E-state index contributed by atoms with van der Waals surface area (Å²) >= 11 is 0. The molecule has 1 saturated carbocycles. The smallest absolute Gasteiger partial charge is 0.333 e. The number of rotatable bonds is 5. The molecule has 1 fully saturated rings. The number of carbonyl (C=O) groups excluding carboxylic acids is 1. The first-order chi connectivity index (χ1) is 7.63. The second-order valence-corrected chi connectivity index (χ2v) is 5.05. The van der Waals surface area contributed by atoms with E-state index in [-0.39, 0.29) is 5.97 Å². The van der Waals surface area contributed by atoms with E-state index in [2.05, 4.69) is 13.5 Å². The van der Waals surface area contributed by atoms with Crippen molar-refractivity contribution in [3.05, 3.63) is 12.2 Å². The summed E-state index contributed by atoms with van der Waals surface area (Å²) in [5.41, 5.74) is 0.500. The Kier molecular flexibility index (Phi) is 5.58. The van der Waals surface area contributed by atoms with Crippen LogP contribution in [0, 0.1) is 11.8 Å². The van der Waals surface area contributed by atoms with Crippen LogP contribution in [0.4, 0.5) is 0 Å². The largest absolute Gasteiger partial charge is 0.462 e. The van der Waals surface area contributed by atoms with E-state index in [1.54, 1.807) is 6.92 Å². The topological polar surface area (TPSA) is 26.3 Å². The molecule has 16 heavy (non-hydrogen) atoms. The zero-order chi connectivity index (χ0) is 12.0. The van der Waals surface area contributed by atoms with Gasteiger partial charge in [0.2, 0.25) is 0 Å². The fourth-order valence-electron chi connectivity index (χ4n) is 2.41. The second-order valence-electron chi connectivity index (χ2n) is 5.05. The number of hydrogen-bond donors (Lipinski definition) is 0. The van der Waals surface area contributed by atoms with Crippen molar-refractivity contribution in [3.8, 4) is 0 Å². The lowest BCUT2D eigenvalue weighted by molar-refractivity contribution is -0.140. The molecule has 0 N–H and O–H groups in total. The molecule has 0 heterocycles. The molecule has 0 aromatic carbocycles. The van der Waals surface area contributed by atoms with Crippen LogP contribution in [0.5, 0.6) is 0 Å². The van der Waals surface area contributed by atoms with Crippen molar-refractivity contribution in [2.75, 3.05) is 6.61 Å². The Labute approximate surface area is 99.1 Å². The van der Waals surface area contributed by atoms with Crippen LogP contribution in [0.15, 0.2) is 12.2 Å². The lowest BCUT2D eigenvalue weighted by Gasteiger charge is -2.27. The minimum atomic E-state index is -0.240. The molecule has 0 unspecified atom stereocenters. The Morgan fingerprint density at radius 2 is 1.81 bits per heavy atom. The molecular weight excluding hydrogens is 200 g/mol. The van der Waals surface area contributed by atoms with Crippen LogP contribution in [-0.4, -0.2) is 12.6 Å². The van der Waals surface area contributed by atoms with Crippen molar-refractivity contribution >= 4 is 5.97 Å². The molecule has 2 heteroatoms. The Morgan fingerprint density at radius 1 is 1.25 bits per heavy atom. The van der Waals surface area contributed by atoms with Crippen LogP contribution in [0.3, 0.4) is 0 Å². The van der Waals surface area contributed by atoms with Gasteiger partial charge in [-0.15, -0.1) is 0 Å². The van der Waals surface area contributed by atoms with Crippen LogP contribution in [0.1, 0.15) is 52.4 Å². The molecule has 0 radical (unpaired) electrons. The normalized spacial score (nSPS) is 25.1. The zero-order valence-electron chi connectivity index (χ0n) is 10.6. The molecular formula is C14H24O2. The Bertz CT molecular complexity index is 237. The molecule has 0 amide bonds. The molecule has 1 aliphatic rings. The van der Waals surface area contributed by atoms with E-state index in [4.69, 9.17) is 4.74 Å². The summed E-state index contributed by atoms with van der Waals surface area (Å²) in [5, 5.41) is 0. The van der Waals surface area contributed by atoms with Gasteiger partial charge in [-0.3, -0.25) is 0 Å². The third kappa shape index (κ3) is 4.38. The zero-order valence-corrected chi connectivity index (χ0v) is 10.6. The van der Waals surface area contributed by atoms with Crippen molar-refractivity contribution in [3.63, 3.8) is 0 Å². The van der Waals surface area contributed by atoms with E-state index >= 15 is 0 Å². The fourth-order valence-corrected chi connectivity index (χ4v) is 2.41. The highest BCUT2D eigenvalue weighted by molar-refractivity contribution is 5.86. The lowest BCUT2D eigenvalue weighted by Crippen LogP contribution is -2.20. The molecule has 0 aromatic heterocycles. The molecule has 1 aliphatic carbocycles. The summed E-state index contributed by atoms with van der Waals surface area (Å²) in [7, 11) is 0. The summed E-state index contributed by atoms with van der Waals surface area (Å²) in [4.78, 5) is 11.2. The molecule has 0 bridgehead atoms. The minimum Gasteiger partial charge on any atom is -0.462 e. The van der Waals surface area contributed by atoms with Gasteiger partial charge in [-0.05, 0) is 31.6 Å². The maximum Gasteiger partial charge on any atom is 0.333 e. The van der Waals surface area contributed by atoms with E-state index < -0.39 is 0 Å². The van der Waals surface area contributed by atoms with E-state index in [0.29, 0.717) is 18.1 Å². The van der Waals surface area contributed by atoms with Gasteiger partial charge in [-0.1, -0.05) is 39.2 Å². The van der Waals surface area contributed by atoms with Crippen molar-refractivity contribution in [1.82, 2.24) is 0 Å². The average molecular weight is 224 g/mol. The van der Waals surface area contributed by atoms with Crippen LogP contribution in [-0.2, 0) is 9.53 Å². The average Bonchev–Trinajstić information content (AvgIpc) is 2.28. The van der Waals surface area contributed by atoms with Gasteiger partial charge in [0.1, 0.15) is 0 Å². The number of ether oxygens (including phenoxy) is 1. The van der Waals surface area contributed by atoms with Crippen LogP contribution < -0.4 is 0 Å². The third-order valence-electron chi connectivity index (χ3n) is 3.46. The van der Waals surface area contributed by atoms with E-state index in [9.17, 15) is 4.79 Å². The minimum absolute atomic E-state index is 0.240. The molecule has 0 atom stereocenters. The Balaban J connectivity index is 2.17. The summed E-state index contributed by atoms with van der Waals surface area (Å²) in [6, 6.07) is 0. The van der Waals surface area contributed by atoms with Crippen molar-refractivity contribution < 1.29 is 9.53 Å². The molecule has 92 valence electrons. The summed E-state index contributed by atoms with van der Waals surface area (Å²) in [6.45, 7) is 8.11. The first-order valence-corrected chi connectivity index (χ1v) is 6.46. The first kappa shape index (κ1) is 13.3. The number of carbonyl (C=O) groups is 1. The number of hydrogen-bond acceptors (Lipinski definition) is 2. The Morgan fingerprint density at radius 3 is 2.31 bits per heavy atom. The first-order valence-electron chi connectivity index (χ1n) is 6.46. The van der Waals surface area contributed by atoms with E-state index in [1.165, 1.54) is 38.5 Å².